The molecule has 0 aromatic heterocycles. The van der Waals surface area contributed by atoms with Gasteiger partial charge in [0.15, 0.2) is 11.6 Å². The molecule has 3 N–H and O–H groups in total. The predicted octanol–water partition coefficient (Wildman–Crippen LogP) is 7.74. The number of hydrogen-bond acceptors (Lipinski definition) is 9. The number of nitrogens with one attached hydrogen (secondary N) is 2. The van der Waals surface area contributed by atoms with Crippen molar-refractivity contribution in [3.8, 4) is 11.5 Å². The Morgan fingerprint density at radius 1 is 0.509 bits per heavy atom. The molecular formula is C44H50N4O7. The molecule has 0 aliphatic rings. The molecule has 55 heavy (non-hydrogen) atoms. The number of hydrogen-bond donors (Lipinski definition) is 3. The molecule has 0 atom stereocenters. The maximum absolute atomic E-state index is 12.4. The van der Waals surface area contributed by atoms with Crippen LogP contribution in [0.4, 0.5) is 0 Å². The molecule has 4 rings (SSSR count). The standard InChI is InChI=1S/C44H50N4O7/c1-45-43(51)37-19-15-35(16-20-37)41(49)31-46-29-33-11-23-39(24-12-33)54-27-9-7-5-3-2-4-6-8-10-28-55-40-25-13-34(14-26-40)30-47-32-42(50)36-17-21-38(22-18-36)44(52)48-53/h11-26,29-30,53H,2-10,27-28,31-32H2,1H3,(H,45,51)(H,48,52). The lowest BCUT2D eigenvalue weighted by Crippen LogP contribution is -2.18. The van der Waals surface area contributed by atoms with Crippen LogP contribution in [0.15, 0.2) is 107 Å². The lowest BCUT2D eigenvalue weighted by Gasteiger charge is -2.07. The second kappa shape index (κ2) is 23.7. The molecule has 4 aromatic carbocycles. The molecule has 0 fully saturated rings. The van der Waals surface area contributed by atoms with Gasteiger partial charge in [0.1, 0.15) is 24.6 Å². The van der Waals surface area contributed by atoms with Crippen molar-refractivity contribution < 1.29 is 33.9 Å². The second-order valence-electron chi connectivity index (χ2n) is 13.0. The van der Waals surface area contributed by atoms with Gasteiger partial charge in [-0.05, 0) is 96.8 Å². The van der Waals surface area contributed by atoms with E-state index in [4.69, 9.17) is 14.7 Å². The second-order valence-corrected chi connectivity index (χ2v) is 13.0. The minimum Gasteiger partial charge on any atom is -0.494 e. The molecule has 0 aliphatic carbocycles. The zero-order valence-electron chi connectivity index (χ0n) is 31.4. The molecule has 4 aromatic rings. The molecule has 0 saturated heterocycles. The Kier molecular flexibility index (Phi) is 18.0. The molecule has 0 aliphatic heterocycles. The van der Waals surface area contributed by atoms with Gasteiger partial charge < -0.3 is 14.8 Å². The predicted molar refractivity (Wildman–Crippen MR) is 215 cm³/mol. The molecule has 2 amide bonds. The highest BCUT2D eigenvalue weighted by molar-refractivity contribution is 6.01. The first-order valence-corrected chi connectivity index (χ1v) is 18.7. The van der Waals surface area contributed by atoms with Gasteiger partial charge in [-0.3, -0.25) is 34.4 Å². The van der Waals surface area contributed by atoms with Crippen LogP contribution < -0.4 is 20.3 Å². The van der Waals surface area contributed by atoms with Crippen molar-refractivity contribution in [3.63, 3.8) is 0 Å². The van der Waals surface area contributed by atoms with Crippen molar-refractivity contribution in [3.05, 3.63) is 130 Å². The molecule has 0 radical (unpaired) electrons. The van der Waals surface area contributed by atoms with Crippen LogP contribution >= 0.6 is 0 Å². The van der Waals surface area contributed by atoms with E-state index in [1.807, 2.05) is 48.5 Å². The van der Waals surface area contributed by atoms with Crippen molar-refractivity contribution in [1.29, 1.82) is 0 Å². The molecule has 0 spiro atoms. The minimum absolute atomic E-state index is 0.0104. The first-order valence-electron chi connectivity index (χ1n) is 18.7. The summed E-state index contributed by atoms with van der Waals surface area (Å²) in [6, 6.07) is 27.9. The summed E-state index contributed by atoms with van der Waals surface area (Å²) in [5.41, 5.74) is 5.05. The Hall–Kier alpha value is -5.94. The lowest BCUT2D eigenvalue weighted by molar-refractivity contribution is 0.0706. The smallest absolute Gasteiger partial charge is 0.274 e. The summed E-state index contributed by atoms with van der Waals surface area (Å²) >= 11 is 0. The molecule has 11 nitrogen and oxygen atoms in total. The van der Waals surface area contributed by atoms with Gasteiger partial charge in [0, 0.05) is 41.7 Å². The fraction of sp³-hybridized carbons (Fsp3) is 0.318. The number of benzene rings is 4. The topological polar surface area (TPSA) is 156 Å². The Morgan fingerprint density at radius 2 is 0.855 bits per heavy atom. The highest BCUT2D eigenvalue weighted by atomic mass is 16.5. The number of ether oxygens (including phenoxy) is 2. The van der Waals surface area contributed by atoms with Crippen LogP contribution in [-0.2, 0) is 0 Å². The van der Waals surface area contributed by atoms with E-state index in [2.05, 4.69) is 15.3 Å². The number of hydroxylamine groups is 1. The van der Waals surface area contributed by atoms with Crippen molar-refractivity contribution in [2.75, 3.05) is 33.4 Å². The van der Waals surface area contributed by atoms with Gasteiger partial charge in [0.25, 0.3) is 11.8 Å². The van der Waals surface area contributed by atoms with E-state index in [0.717, 1.165) is 48.3 Å². The number of carbonyl (C=O) groups is 4. The van der Waals surface area contributed by atoms with Crippen LogP contribution in [0.2, 0.25) is 0 Å². The highest BCUT2D eigenvalue weighted by Gasteiger charge is 2.09. The van der Waals surface area contributed by atoms with Crippen LogP contribution in [0.25, 0.3) is 0 Å². The number of nitrogens with zero attached hydrogens (tertiary/aromatic N) is 2. The molecule has 0 saturated carbocycles. The van der Waals surface area contributed by atoms with E-state index in [1.54, 1.807) is 49.2 Å². The minimum atomic E-state index is -0.632. The zero-order valence-corrected chi connectivity index (χ0v) is 31.4. The van der Waals surface area contributed by atoms with Crippen molar-refractivity contribution >= 4 is 35.8 Å². The summed E-state index contributed by atoms with van der Waals surface area (Å²) < 4.78 is 11.8. The van der Waals surface area contributed by atoms with E-state index in [9.17, 15) is 19.2 Å². The summed E-state index contributed by atoms with van der Waals surface area (Å²) in [5, 5.41) is 11.2. The van der Waals surface area contributed by atoms with Gasteiger partial charge in [-0.25, -0.2) is 5.48 Å². The zero-order chi connectivity index (χ0) is 39.1. The van der Waals surface area contributed by atoms with Crippen molar-refractivity contribution in [2.24, 2.45) is 9.98 Å². The van der Waals surface area contributed by atoms with Crippen LogP contribution in [0.1, 0.15) is 110 Å². The summed E-state index contributed by atoms with van der Waals surface area (Å²) in [7, 11) is 1.57. The Bertz CT molecular complexity index is 1720. The largest absolute Gasteiger partial charge is 0.494 e. The van der Waals surface area contributed by atoms with Crippen molar-refractivity contribution in [1.82, 2.24) is 10.8 Å². The lowest BCUT2D eigenvalue weighted by atomic mass is 10.1. The maximum atomic E-state index is 12.4. The van der Waals surface area contributed by atoms with E-state index in [0.29, 0.717) is 29.9 Å². The van der Waals surface area contributed by atoms with Gasteiger partial charge in [0.2, 0.25) is 0 Å². The van der Waals surface area contributed by atoms with E-state index in [1.165, 1.54) is 56.4 Å². The third-order valence-electron chi connectivity index (χ3n) is 8.80. The number of rotatable bonds is 24. The number of Topliss-reactive ketones (excluding diaryl/α,β-unsaturated/α-hetero) is 2. The average Bonchev–Trinajstić information content (AvgIpc) is 3.23. The van der Waals surface area contributed by atoms with Gasteiger partial charge >= 0.3 is 0 Å². The first kappa shape index (κ1) is 41.8. The Balaban J connectivity index is 0.960. The monoisotopic (exact) mass is 746 g/mol. The molecular weight excluding hydrogens is 697 g/mol. The maximum Gasteiger partial charge on any atom is 0.274 e. The quantitative estimate of drug-likeness (QED) is 0.0218. The van der Waals surface area contributed by atoms with E-state index < -0.39 is 5.91 Å². The number of unbranched alkanes of at least 4 members (excludes halogenated alkanes) is 8. The summed E-state index contributed by atoms with van der Waals surface area (Å²) in [4.78, 5) is 56.3. The summed E-state index contributed by atoms with van der Waals surface area (Å²) in [5.74, 6) is 0.523. The first-order chi connectivity index (χ1) is 26.9. The fourth-order valence-corrected chi connectivity index (χ4v) is 5.60. The van der Waals surface area contributed by atoms with Crippen LogP contribution in [-0.4, -0.2) is 74.4 Å². The molecule has 0 heterocycles. The van der Waals surface area contributed by atoms with Crippen LogP contribution in [0.5, 0.6) is 11.5 Å². The Labute approximate surface area is 322 Å². The van der Waals surface area contributed by atoms with Crippen LogP contribution in [0.3, 0.4) is 0 Å². The van der Waals surface area contributed by atoms with E-state index >= 15 is 0 Å². The molecule has 11 heteroatoms. The van der Waals surface area contributed by atoms with Crippen LogP contribution in [0, 0.1) is 0 Å². The normalized spacial score (nSPS) is 11.1. The highest BCUT2D eigenvalue weighted by Crippen LogP contribution is 2.16. The number of ketones is 2. The summed E-state index contributed by atoms with van der Waals surface area (Å²) in [6.07, 6.45) is 13.8. The van der Waals surface area contributed by atoms with Crippen molar-refractivity contribution in [2.45, 2.75) is 57.8 Å². The third kappa shape index (κ3) is 15.1. The molecule has 288 valence electrons. The fourth-order valence-electron chi connectivity index (χ4n) is 5.60. The van der Waals surface area contributed by atoms with Gasteiger partial charge in [-0.1, -0.05) is 69.2 Å². The third-order valence-corrected chi connectivity index (χ3v) is 8.80. The molecule has 0 bridgehead atoms. The number of amides is 2. The van der Waals surface area contributed by atoms with Gasteiger partial charge in [0.05, 0.1) is 13.2 Å². The van der Waals surface area contributed by atoms with Gasteiger partial charge in [-0.2, -0.15) is 0 Å². The SMILES string of the molecule is CNC(=O)c1ccc(C(=O)CN=Cc2ccc(OCCCCCCCCCCCOc3ccc(C=NCC(=O)c4ccc(C(=O)NO)cc4)cc3)cc2)cc1. The van der Waals surface area contributed by atoms with Gasteiger partial charge in [-0.15, -0.1) is 0 Å². The number of aliphatic imine (C=N–C) groups is 2. The Morgan fingerprint density at radius 3 is 1.22 bits per heavy atom. The average molecular weight is 747 g/mol. The van der Waals surface area contributed by atoms with E-state index in [-0.39, 0.29) is 36.1 Å². The number of carbonyl (C=O) groups excluding carboxylic acids is 4. The molecule has 0 unspecified atom stereocenters. The summed E-state index contributed by atoms with van der Waals surface area (Å²) in [6.45, 7) is 1.39.